The van der Waals surface area contributed by atoms with Gasteiger partial charge in [0.25, 0.3) is 5.91 Å². The Labute approximate surface area is 169 Å². The van der Waals surface area contributed by atoms with Gasteiger partial charge in [-0.15, -0.1) is 0 Å². The van der Waals surface area contributed by atoms with E-state index in [1.807, 2.05) is 0 Å². The topological polar surface area (TPSA) is 118 Å². The molecular formula is C19H23N3O6S. The molecule has 29 heavy (non-hydrogen) atoms. The van der Waals surface area contributed by atoms with E-state index in [9.17, 15) is 18.0 Å². The van der Waals surface area contributed by atoms with Crippen LogP contribution in [0.5, 0.6) is 5.75 Å². The molecule has 0 spiro atoms. The van der Waals surface area contributed by atoms with E-state index in [0.29, 0.717) is 30.8 Å². The van der Waals surface area contributed by atoms with E-state index in [2.05, 4.69) is 10.0 Å². The van der Waals surface area contributed by atoms with Gasteiger partial charge in [-0.25, -0.2) is 8.42 Å². The molecule has 9 nitrogen and oxygen atoms in total. The van der Waals surface area contributed by atoms with Gasteiger partial charge in [0.2, 0.25) is 15.9 Å². The number of nitrogens with one attached hydrogen (secondary N) is 2. The molecule has 1 aliphatic rings. The Bertz CT molecular complexity index is 987. The smallest absolute Gasteiger partial charge is 0.289 e. The number of sulfonamides is 1. The van der Waals surface area contributed by atoms with Gasteiger partial charge in [-0.2, -0.15) is 0 Å². The molecular weight excluding hydrogens is 398 g/mol. The molecule has 0 aliphatic carbocycles. The standard InChI is InChI=1S/C19H23N3O6S/c1-27-16-8-7-14(11-15(16)21-29(2,25)26)20-18(23)13-5-3-9-22(12-13)19(24)17-6-4-10-28-17/h4,6-8,10-11,13,21H,3,5,9,12H2,1-2H3,(H,20,23). The summed E-state index contributed by atoms with van der Waals surface area (Å²) in [5.41, 5.74) is 0.655. The van der Waals surface area contributed by atoms with Gasteiger partial charge in [0, 0.05) is 18.8 Å². The number of amides is 2. The van der Waals surface area contributed by atoms with Crippen LogP contribution in [0.4, 0.5) is 11.4 Å². The highest BCUT2D eigenvalue weighted by atomic mass is 32.2. The Kier molecular flexibility index (Phi) is 6.12. The highest BCUT2D eigenvalue weighted by molar-refractivity contribution is 7.92. The third kappa shape index (κ3) is 5.29. The first-order chi connectivity index (χ1) is 13.8. The molecule has 1 saturated heterocycles. The number of piperidine rings is 1. The predicted molar refractivity (Wildman–Crippen MR) is 107 cm³/mol. The van der Waals surface area contributed by atoms with Crippen molar-refractivity contribution in [2.45, 2.75) is 12.8 Å². The van der Waals surface area contributed by atoms with Gasteiger partial charge in [0.15, 0.2) is 5.76 Å². The molecule has 3 rings (SSSR count). The van der Waals surface area contributed by atoms with Crippen LogP contribution < -0.4 is 14.8 Å². The van der Waals surface area contributed by atoms with Gasteiger partial charge in [-0.1, -0.05) is 0 Å². The molecule has 10 heteroatoms. The molecule has 2 amide bonds. The van der Waals surface area contributed by atoms with E-state index in [-0.39, 0.29) is 35.7 Å². The predicted octanol–water partition coefficient (Wildman–Crippen LogP) is 2.15. The minimum atomic E-state index is -3.51. The zero-order chi connectivity index (χ0) is 21.0. The maximum Gasteiger partial charge on any atom is 0.289 e. The average molecular weight is 421 g/mol. The molecule has 156 valence electrons. The van der Waals surface area contributed by atoms with Crippen molar-refractivity contribution in [1.82, 2.24) is 4.90 Å². The van der Waals surface area contributed by atoms with Crippen LogP contribution >= 0.6 is 0 Å². The molecule has 1 unspecified atom stereocenters. The van der Waals surface area contributed by atoms with Crippen LogP contribution in [0.3, 0.4) is 0 Å². The van der Waals surface area contributed by atoms with Crippen LogP contribution in [-0.4, -0.2) is 51.6 Å². The number of carbonyl (C=O) groups excluding carboxylic acids is 2. The van der Waals surface area contributed by atoms with Gasteiger partial charge in [-0.3, -0.25) is 14.3 Å². The van der Waals surface area contributed by atoms with Crippen molar-refractivity contribution in [2.75, 3.05) is 36.5 Å². The Balaban J connectivity index is 1.69. The van der Waals surface area contributed by atoms with E-state index in [1.54, 1.807) is 29.2 Å². The number of carbonyl (C=O) groups is 2. The Morgan fingerprint density at radius 2 is 2.07 bits per heavy atom. The van der Waals surface area contributed by atoms with E-state index in [0.717, 1.165) is 6.26 Å². The fourth-order valence-corrected chi connectivity index (χ4v) is 3.80. The minimum absolute atomic E-state index is 0.228. The van der Waals surface area contributed by atoms with Gasteiger partial charge in [0.05, 0.1) is 31.2 Å². The maximum atomic E-state index is 12.7. The second kappa shape index (κ2) is 8.56. The number of likely N-dealkylation sites (tertiary alicyclic amines) is 1. The van der Waals surface area contributed by atoms with Gasteiger partial charge < -0.3 is 19.4 Å². The minimum Gasteiger partial charge on any atom is -0.495 e. The third-order valence-electron chi connectivity index (χ3n) is 4.57. The number of furan rings is 1. The number of hydrogen-bond acceptors (Lipinski definition) is 6. The van der Waals surface area contributed by atoms with Gasteiger partial charge in [0.1, 0.15) is 5.75 Å². The van der Waals surface area contributed by atoms with E-state index in [1.165, 1.54) is 19.4 Å². The van der Waals surface area contributed by atoms with Crippen LogP contribution in [0, 0.1) is 5.92 Å². The van der Waals surface area contributed by atoms with Crippen molar-refractivity contribution in [3.63, 3.8) is 0 Å². The lowest BCUT2D eigenvalue weighted by Gasteiger charge is -2.31. The number of hydrogen-bond donors (Lipinski definition) is 2. The zero-order valence-electron chi connectivity index (χ0n) is 16.2. The average Bonchev–Trinajstić information content (AvgIpc) is 3.21. The number of methoxy groups -OCH3 is 1. The van der Waals surface area contributed by atoms with Crippen molar-refractivity contribution < 1.29 is 27.2 Å². The lowest BCUT2D eigenvalue weighted by molar-refractivity contribution is -0.121. The molecule has 0 bridgehead atoms. The van der Waals surface area contributed by atoms with Crippen LogP contribution in [0.25, 0.3) is 0 Å². The molecule has 0 saturated carbocycles. The Morgan fingerprint density at radius 1 is 1.28 bits per heavy atom. The SMILES string of the molecule is COc1ccc(NC(=O)C2CCCN(C(=O)c3ccco3)C2)cc1NS(C)(=O)=O. The Morgan fingerprint density at radius 3 is 2.72 bits per heavy atom. The van der Waals surface area contributed by atoms with Crippen molar-refractivity contribution in [2.24, 2.45) is 5.92 Å². The first-order valence-corrected chi connectivity index (χ1v) is 11.0. The monoisotopic (exact) mass is 421 g/mol. The van der Waals surface area contributed by atoms with Crippen LogP contribution in [0.1, 0.15) is 23.4 Å². The summed E-state index contributed by atoms with van der Waals surface area (Å²) in [4.78, 5) is 26.8. The first kappa shape index (κ1) is 20.7. The zero-order valence-corrected chi connectivity index (χ0v) is 17.0. The van der Waals surface area contributed by atoms with E-state index < -0.39 is 10.0 Å². The highest BCUT2D eigenvalue weighted by Gasteiger charge is 2.30. The van der Waals surface area contributed by atoms with Crippen molar-refractivity contribution in [3.05, 3.63) is 42.4 Å². The molecule has 1 aromatic carbocycles. The van der Waals surface area contributed by atoms with Crippen molar-refractivity contribution in [1.29, 1.82) is 0 Å². The van der Waals surface area contributed by atoms with Gasteiger partial charge in [-0.05, 0) is 43.2 Å². The molecule has 0 radical (unpaired) electrons. The molecule has 2 aromatic rings. The van der Waals surface area contributed by atoms with Crippen molar-refractivity contribution in [3.8, 4) is 5.75 Å². The number of ether oxygens (including phenoxy) is 1. The molecule has 1 aromatic heterocycles. The third-order valence-corrected chi connectivity index (χ3v) is 5.16. The van der Waals surface area contributed by atoms with E-state index >= 15 is 0 Å². The Hall–Kier alpha value is -3.01. The number of anilines is 2. The second-order valence-corrected chi connectivity index (χ2v) is 8.59. The quantitative estimate of drug-likeness (QED) is 0.738. The highest BCUT2D eigenvalue weighted by Crippen LogP contribution is 2.29. The molecule has 1 atom stereocenters. The molecule has 1 fully saturated rings. The van der Waals surface area contributed by atoms with Crippen LogP contribution in [0.2, 0.25) is 0 Å². The molecule has 2 N–H and O–H groups in total. The summed E-state index contributed by atoms with van der Waals surface area (Å²) in [6.07, 6.45) is 3.82. The van der Waals surface area contributed by atoms with E-state index in [4.69, 9.17) is 9.15 Å². The molecule has 1 aliphatic heterocycles. The fourth-order valence-electron chi connectivity index (χ4n) is 3.24. The maximum absolute atomic E-state index is 12.7. The summed E-state index contributed by atoms with van der Waals surface area (Å²) in [5, 5.41) is 2.79. The summed E-state index contributed by atoms with van der Waals surface area (Å²) in [6, 6.07) is 7.93. The largest absolute Gasteiger partial charge is 0.495 e. The number of rotatable bonds is 6. The lowest BCUT2D eigenvalue weighted by atomic mass is 9.96. The van der Waals surface area contributed by atoms with Crippen LogP contribution in [-0.2, 0) is 14.8 Å². The lowest BCUT2D eigenvalue weighted by Crippen LogP contribution is -2.43. The van der Waals surface area contributed by atoms with Gasteiger partial charge >= 0.3 is 0 Å². The summed E-state index contributed by atoms with van der Waals surface area (Å²) in [5.74, 6) is -0.274. The summed E-state index contributed by atoms with van der Waals surface area (Å²) in [6.45, 7) is 0.851. The van der Waals surface area contributed by atoms with Crippen molar-refractivity contribution >= 4 is 33.2 Å². The summed E-state index contributed by atoms with van der Waals surface area (Å²) < 4.78 is 35.8. The van der Waals surface area contributed by atoms with Crippen LogP contribution in [0.15, 0.2) is 41.0 Å². The summed E-state index contributed by atoms with van der Waals surface area (Å²) in [7, 11) is -2.09. The fraction of sp³-hybridized carbons (Fsp3) is 0.368. The normalized spacial score (nSPS) is 16.9. The number of nitrogens with zero attached hydrogens (tertiary/aromatic N) is 1. The first-order valence-electron chi connectivity index (χ1n) is 9.06. The summed E-state index contributed by atoms with van der Waals surface area (Å²) >= 11 is 0. The second-order valence-electron chi connectivity index (χ2n) is 6.85. The number of benzene rings is 1. The molecule has 2 heterocycles.